The fraction of sp³-hybridized carbons (Fsp3) is 0.647. The number of hydrogen-bond donors (Lipinski definition) is 2. The number of anilines is 1. The Balaban J connectivity index is 2.17. The Hall–Kier alpha value is -1.13. The molecule has 0 heterocycles. The number of ether oxygens (including phenoxy) is 1. The first-order valence-corrected chi connectivity index (χ1v) is 7.90. The molecular weight excluding hydrogens is 269 g/mol. The van der Waals surface area contributed by atoms with Crippen molar-refractivity contribution in [2.24, 2.45) is 5.92 Å². The SMILES string of the molecule is CCCCC(CC)COCC(O)CNc1cccc(F)c1. The van der Waals surface area contributed by atoms with Gasteiger partial charge < -0.3 is 15.2 Å². The molecule has 0 saturated carbocycles. The van der Waals surface area contributed by atoms with Crippen LogP contribution in [-0.4, -0.2) is 31.0 Å². The van der Waals surface area contributed by atoms with E-state index in [1.807, 2.05) is 0 Å². The van der Waals surface area contributed by atoms with Crippen molar-refractivity contribution in [1.29, 1.82) is 0 Å². The number of unbranched alkanes of at least 4 members (excludes halogenated alkanes) is 1. The topological polar surface area (TPSA) is 41.5 Å². The summed E-state index contributed by atoms with van der Waals surface area (Å²) in [7, 11) is 0. The molecule has 0 aliphatic heterocycles. The molecule has 0 aliphatic rings. The molecule has 2 unspecified atom stereocenters. The average molecular weight is 297 g/mol. The maximum absolute atomic E-state index is 13.0. The molecule has 1 aromatic rings. The molecule has 0 bridgehead atoms. The summed E-state index contributed by atoms with van der Waals surface area (Å²) in [5, 5.41) is 12.9. The normalized spacial score (nSPS) is 13.9. The lowest BCUT2D eigenvalue weighted by atomic mass is 10.0. The van der Waals surface area contributed by atoms with Crippen molar-refractivity contribution < 1.29 is 14.2 Å². The Morgan fingerprint density at radius 1 is 1.29 bits per heavy atom. The van der Waals surface area contributed by atoms with E-state index in [1.54, 1.807) is 12.1 Å². The van der Waals surface area contributed by atoms with Crippen molar-refractivity contribution in [2.45, 2.75) is 45.6 Å². The summed E-state index contributed by atoms with van der Waals surface area (Å²) in [5.41, 5.74) is 0.670. The van der Waals surface area contributed by atoms with Crippen LogP contribution < -0.4 is 5.32 Å². The van der Waals surface area contributed by atoms with Gasteiger partial charge in [0.15, 0.2) is 0 Å². The summed E-state index contributed by atoms with van der Waals surface area (Å²) in [6.45, 7) is 5.73. The molecule has 0 radical (unpaired) electrons. The van der Waals surface area contributed by atoms with Crippen LogP contribution in [0.25, 0.3) is 0 Å². The fourth-order valence-corrected chi connectivity index (χ4v) is 2.16. The number of nitrogens with one attached hydrogen (secondary N) is 1. The minimum absolute atomic E-state index is 0.285. The molecule has 2 N–H and O–H groups in total. The first-order chi connectivity index (χ1) is 10.2. The molecule has 0 fully saturated rings. The standard InChI is InChI=1S/C17H28FNO2/c1-3-5-7-14(4-2)12-21-13-17(20)11-19-16-9-6-8-15(18)10-16/h6,8-10,14,17,19-20H,3-5,7,11-13H2,1-2H3. The van der Waals surface area contributed by atoms with Crippen LogP contribution in [0.4, 0.5) is 10.1 Å². The van der Waals surface area contributed by atoms with Crippen molar-refractivity contribution in [3.63, 3.8) is 0 Å². The summed E-state index contributed by atoms with van der Waals surface area (Å²) in [5.74, 6) is 0.292. The van der Waals surface area contributed by atoms with Crippen molar-refractivity contribution in [3.05, 3.63) is 30.1 Å². The minimum atomic E-state index is -0.586. The number of aliphatic hydroxyl groups is 1. The van der Waals surface area contributed by atoms with Crippen LogP contribution in [0, 0.1) is 11.7 Å². The third kappa shape index (κ3) is 8.02. The highest BCUT2D eigenvalue weighted by Gasteiger charge is 2.09. The zero-order valence-corrected chi connectivity index (χ0v) is 13.1. The quantitative estimate of drug-likeness (QED) is 0.652. The van der Waals surface area contributed by atoms with Gasteiger partial charge in [-0.3, -0.25) is 0 Å². The van der Waals surface area contributed by atoms with Gasteiger partial charge in [-0.05, 0) is 30.5 Å². The van der Waals surface area contributed by atoms with Crippen molar-refractivity contribution in [1.82, 2.24) is 0 Å². The molecule has 0 aliphatic carbocycles. The summed E-state index contributed by atoms with van der Waals surface area (Å²) in [4.78, 5) is 0. The predicted molar refractivity (Wildman–Crippen MR) is 85.0 cm³/mol. The molecule has 0 saturated heterocycles. The second-order valence-electron chi connectivity index (χ2n) is 5.50. The van der Waals surface area contributed by atoms with Crippen LogP contribution in [0.3, 0.4) is 0 Å². The third-order valence-corrected chi connectivity index (χ3v) is 3.57. The smallest absolute Gasteiger partial charge is 0.125 e. The summed E-state index contributed by atoms with van der Waals surface area (Å²) in [6.07, 6.45) is 4.14. The maximum atomic E-state index is 13.0. The fourth-order valence-electron chi connectivity index (χ4n) is 2.16. The monoisotopic (exact) mass is 297 g/mol. The number of benzene rings is 1. The molecule has 2 atom stereocenters. The van der Waals surface area contributed by atoms with Crippen LogP contribution in [0.5, 0.6) is 0 Å². The second kappa shape index (κ2) is 10.6. The van der Waals surface area contributed by atoms with E-state index in [2.05, 4.69) is 19.2 Å². The van der Waals surface area contributed by atoms with Crippen LogP contribution in [-0.2, 0) is 4.74 Å². The van der Waals surface area contributed by atoms with E-state index in [1.165, 1.54) is 31.4 Å². The summed E-state index contributed by atoms with van der Waals surface area (Å²) >= 11 is 0. The van der Waals surface area contributed by atoms with Gasteiger partial charge in [0, 0.05) is 18.8 Å². The first kappa shape index (κ1) is 17.9. The van der Waals surface area contributed by atoms with Crippen LogP contribution >= 0.6 is 0 Å². The van der Waals surface area contributed by atoms with E-state index in [0.29, 0.717) is 31.4 Å². The van der Waals surface area contributed by atoms with Gasteiger partial charge >= 0.3 is 0 Å². The molecule has 0 aromatic heterocycles. The summed E-state index contributed by atoms with van der Waals surface area (Å²) in [6, 6.07) is 6.21. The van der Waals surface area contributed by atoms with Gasteiger partial charge in [-0.15, -0.1) is 0 Å². The van der Waals surface area contributed by atoms with E-state index < -0.39 is 6.10 Å². The van der Waals surface area contributed by atoms with Crippen molar-refractivity contribution in [2.75, 3.05) is 25.1 Å². The Bertz CT molecular complexity index is 387. The zero-order valence-electron chi connectivity index (χ0n) is 13.1. The lowest BCUT2D eigenvalue weighted by Gasteiger charge is -2.17. The number of hydrogen-bond acceptors (Lipinski definition) is 3. The van der Waals surface area contributed by atoms with E-state index in [9.17, 15) is 9.50 Å². The lowest BCUT2D eigenvalue weighted by Crippen LogP contribution is -2.26. The highest BCUT2D eigenvalue weighted by Crippen LogP contribution is 2.13. The molecule has 1 aromatic carbocycles. The van der Waals surface area contributed by atoms with Crippen LogP contribution in [0.1, 0.15) is 39.5 Å². The minimum Gasteiger partial charge on any atom is -0.389 e. The van der Waals surface area contributed by atoms with Gasteiger partial charge in [-0.25, -0.2) is 4.39 Å². The average Bonchev–Trinajstić information content (AvgIpc) is 2.48. The Morgan fingerprint density at radius 2 is 2.10 bits per heavy atom. The molecule has 120 valence electrons. The van der Waals surface area contributed by atoms with Gasteiger partial charge in [-0.1, -0.05) is 39.2 Å². The van der Waals surface area contributed by atoms with Gasteiger partial charge in [0.05, 0.1) is 12.7 Å². The lowest BCUT2D eigenvalue weighted by molar-refractivity contribution is 0.0245. The van der Waals surface area contributed by atoms with E-state index in [-0.39, 0.29) is 5.82 Å². The molecule has 3 nitrogen and oxygen atoms in total. The highest BCUT2D eigenvalue weighted by atomic mass is 19.1. The summed E-state index contributed by atoms with van der Waals surface area (Å²) < 4.78 is 18.6. The van der Waals surface area contributed by atoms with Crippen LogP contribution in [0.2, 0.25) is 0 Å². The van der Waals surface area contributed by atoms with Gasteiger partial charge in [0.25, 0.3) is 0 Å². The molecule has 4 heteroatoms. The molecule has 1 rings (SSSR count). The predicted octanol–water partition coefficient (Wildman–Crippen LogP) is 3.83. The molecule has 0 spiro atoms. The molecule has 21 heavy (non-hydrogen) atoms. The van der Waals surface area contributed by atoms with Gasteiger partial charge in [0.2, 0.25) is 0 Å². The van der Waals surface area contributed by atoms with E-state index in [0.717, 1.165) is 6.42 Å². The highest BCUT2D eigenvalue weighted by molar-refractivity contribution is 5.43. The second-order valence-corrected chi connectivity index (χ2v) is 5.50. The number of halogens is 1. The first-order valence-electron chi connectivity index (χ1n) is 7.90. The zero-order chi connectivity index (χ0) is 15.5. The largest absolute Gasteiger partial charge is 0.389 e. The Kier molecular flexibility index (Phi) is 9.02. The maximum Gasteiger partial charge on any atom is 0.125 e. The van der Waals surface area contributed by atoms with Crippen LogP contribution in [0.15, 0.2) is 24.3 Å². The van der Waals surface area contributed by atoms with E-state index >= 15 is 0 Å². The molecular formula is C17H28FNO2. The van der Waals surface area contributed by atoms with Gasteiger partial charge in [0.1, 0.15) is 5.82 Å². The van der Waals surface area contributed by atoms with E-state index in [4.69, 9.17) is 4.74 Å². The molecule has 0 amide bonds. The number of aliphatic hydroxyl groups excluding tert-OH is 1. The third-order valence-electron chi connectivity index (χ3n) is 3.57. The Morgan fingerprint density at radius 3 is 2.76 bits per heavy atom. The van der Waals surface area contributed by atoms with Crippen molar-refractivity contribution >= 4 is 5.69 Å². The number of rotatable bonds is 11. The van der Waals surface area contributed by atoms with Crippen molar-refractivity contribution in [3.8, 4) is 0 Å². The Labute approximate surface area is 127 Å². The van der Waals surface area contributed by atoms with Gasteiger partial charge in [-0.2, -0.15) is 0 Å².